The number of benzene rings is 1. The fourth-order valence-electron chi connectivity index (χ4n) is 3.07. The topological polar surface area (TPSA) is 42.7 Å². The molecule has 4 rings (SSSR count). The van der Waals surface area contributed by atoms with Crippen LogP contribution < -0.4 is 5.32 Å². The largest absolute Gasteiger partial charge is 0.350 e. The maximum atomic E-state index is 13.8. The van der Waals surface area contributed by atoms with E-state index in [2.05, 4.69) is 22.4 Å². The minimum absolute atomic E-state index is 0.295. The Morgan fingerprint density at radius 3 is 2.95 bits per heavy atom. The van der Waals surface area contributed by atoms with Gasteiger partial charge in [0.1, 0.15) is 5.52 Å². The first-order valence-corrected chi connectivity index (χ1v) is 7.55. The maximum absolute atomic E-state index is 13.8. The molecule has 2 aromatic heterocycles. The van der Waals surface area contributed by atoms with Gasteiger partial charge in [0.25, 0.3) is 0 Å². The molecule has 0 unspecified atom stereocenters. The van der Waals surface area contributed by atoms with Crippen LogP contribution in [0, 0.1) is 5.82 Å². The van der Waals surface area contributed by atoms with Crippen LogP contribution in [-0.4, -0.2) is 14.5 Å². The maximum Gasteiger partial charge on any atom is 0.204 e. The molecule has 1 aliphatic carbocycles. The molecule has 5 heteroatoms. The highest BCUT2D eigenvalue weighted by atomic mass is 19.1. The van der Waals surface area contributed by atoms with E-state index in [-0.39, 0.29) is 5.82 Å². The number of anilines is 1. The molecule has 1 aliphatic rings. The van der Waals surface area contributed by atoms with Gasteiger partial charge in [0, 0.05) is 12.7 Å². The van der Waals surface area contributed by atoms with Crippen LogP contribution >= 0.6 is 0 Å². The predicted molar refractivity (Wildman–Crippen MR) is 84.3 cm³/mol. The van der Waals surface area contributed by atoms with E-state index in [1.54, 1.807) is 6.07 Å². The van der Waals surface area contributed by atoms with E-state index in [0.29, 0.717) is 18.0 Å². The first kappa shape index (κ1) is 13.2. The van der Waals surface area contributed by atoms with Gasteiger partial charge in [0.05, 0.1) is 17.8 Å². The van der Waals surface area contributed by atoms with E-state index >= 15 is 0 Å². The summed E-state index contributed by atoms with van der Waals surface area (Å²) in [6.45, 7) is 0.589. The molecule has 0 saturated carbocycles. The molecule has 22 heavy (non-hydrogen) atoms. The van der Waals surface area contributed by atoms with Gasteiger partial charge < -0.3 is 9.88 Å². The number of nitrogens with zero attached hydrogens (tertiary/aromatic N) is 3. The van der Waals surface area contributed by atoms with Crippen molar-refractivity contribution in [2.45, 2.75) is 25.8 Å². The van der Waals surface area contributed by atoms with Crippen LogP contribution in [0.15, 0.2) is 30.3 Å². The van der Waals surface area contributed by atoms with Crippen molar-refractivity contribution in [3.05, 3.63) is 53.1 Å². The second-order valence-electron chi connectivity index (χ2n) is 5.72. The number of hydrogen-bond acceptors (Lipinski definition) is 3. The number of pyridine rings is 1. The van der Waals surface area contributed by atoms with E-state index in [9.17, 15) is 4.39 Å². The molecular formula is C17H17FN4. The van der Waals surface area contributed by atoms with E-state index in [0.717, 1.165) is 24.1 Å². The summed E-state index contributed by atoms with van der Waals surface area (Å²) in [7, 11) is 1.88. The minimum Gasteiger partial charge on any atom is -0.350 e. The highest BCUT2D eigenvalue weighted by molar-refractivity contribution is 5.79. The molecule has 0 amide bonds. The van der Waals surface area contributed by atoms with Crippen molar-refractivity contribution in [2.24, 2.45) is 7.05 Å². The first-order valence-electron chi connectivity index (χ1n) is 7.55. The molecule has 0 radical (unpaired) electrons. The number of para-hydroxylation sites is 1. The van der Waals surface area contributed by atoms with Gasteiger partial charge in [0.15, 0.2) is 5.82 Å². The molecule has 1 N–H and O–H groups in total. The van der Waals surface area contributed by atoms with Crippen molar-refractivity contribution in [2.75, 3.05) is 5.32 Å². The van der Waals surface area contributed by atoms with Crippen LogP contribution in [0.25, 0.3) is 11.0 Å². The molecule has 0 atom stereocenters. The Labute approximate surface area is 128 Å². The minimum atomic E-state index is -0.295. The number of fused-ring (bicyclic) bond motifs is 2. The second-order valence-corrected chi connectivity index (χ2v) is 5.72. The zero-order chi connectivity index (χ0) is 15.1. The zero-order valence-corrected chi connectivity index (χ0v) is 12.4. The van der Waals surface area contributed by atoms with Crippen LogP contribution in [-0.2, 0) is 26.4 Å². The van der Waals surface area contributed by atoms with E-state index in [4.69, 9.17) is 4.98 Å². The standard InChI is InChI=1S/C17H17FN4/c1-22-15-7-3-5-13(18)16(15)21-17(22)19-10-12-9-8-11-4-2-6-14(11)20-12/h3,5,7-9H,2,4,6,10H2,1H3,(H,19,21). The molecule has 0 aliphatic heterocycles. The van der Waals surface area contributed by atoms with Crippen LogP contribution in [0.3, 0.4) is 0 Å². The fraction of sp³-hybridized carbons (Fsp3) is 0.294. The van der Waals surface area contributed by atoms with Crippen LogP contribution in [0.1, 0.15) is 23.4 Å². The van der Waals surface area contributed by atoms with Gasteiger partial charge in [0.2, 0.25) is 5.95 Å². The number of hydrogen-bond donors (Lipinski definition) is 1. The van der Waals surface area contributed by atoms with Crippen molar-refractivity contribution < 1.29 is 4.39 Å². The lowest BCUT2D eigenvalue weighted by Gasteiger charge is -2.07. The Morgan fingerprint density at radius 2 is 2.09 bits per heavy atom. The lowest BCUT2D eigenvalue weighted by atomic mass is 10.2. The highest BCUT2D eigenvalue weighted by Crippen LogP contribution is 2.22. The zero-order valence-electron chi connectivity index (χ0n) is 12.4. The Kier molecular flexibility index (Phi) is 3.06. The second kappa shape index (κ2) is 5.09. The number of aryl methyl sites for hydroxylation is 3. The van der Waals surface area contributed by atoms with Crippen LogP contribution in [0.5, 0.6) is 0 Å². The van der Waals surface area contributed by atoms with E-state index < -0.39 is 0 Å². The van der Waals surface area contributed by atoms with Gasteiger partial charge >= 0.3 is 0 Å². The Morgan fingerprint density at radius 1 is 1.18 bits per heavy atom. The quantitative estimate of drug-likeness (QED) is 0.807. The Hall–Kier alpha value is -2.43. The Bertz CT molecular complexity index is 853. The van der Waals surface area contributed by atoms with Crippen LogP contribution in [0.4, 0.5) is 10.3 Å². The highest BCUT2D eigenvalue weighted by Gasteiger charge is 2.14. The monoisotopic (exact) mass is 296 g/mol. The molecule has 2 heterocycles. The molecule has 112 valence electrons. The molecular weight excluding hydrogens is 279 g/mol. The molecule has 0 saturated heterocycles. The summed E-state index contributed by atoms with van der Waals surface area (Å²) in [6, 6.07) is 9.22. The molecule has 4 nitrogen and oxygen atoms in total. The van der Waals surface area contributed by atoms with Crippen molar-refractivity contribution in [3.8, 4) is 0 Å². The molecule has 0 spiro atoms. The van der Waals surface area contributed by atoms with Gasteiger partial charge in [-0.25, -0.2) is 9.37 Å². The molecule has 0 bridgehead atoms. The van der Waals surface area contributed by atoms with Gasteiger partial charge in [-0.15, -0.1) is 0 Å². The summed E-state index contributed by atoms with van der Waals surface area (Å²) in [5.74, 6) is 0.360. The van der Waals surface area contributed by atoms with Crippen molar-refractivity contribution in [1.82, 2.24) is 14.5 Å². The van der Waals surface area contributed by atoms with Crippen molar-refractivity contribution in [3.63, 3.8) is 0 Å². The fourth-order valence-corrected chi connectivity index (χ4v) is 3.07. The summed E-state index contributed by atoms with van der Waals surface area (Å²) in [4.78, 5) is 9.04. The van der Waals surface area contributed by atoms with Gasteiger partial charge in [-0.05, 0) is 43.0 Å². The van der Waals surface area contributed by atoms with E-state index in [1.165, 1.54) is 23.7 Å². The predicted octanol–water partition coefficient (Wildman–Crippen LogP) is 3.21. The first-order chi connectivity index (χ1) is 10.7. The van der Waals surface area contributed by atoms with Gasteiger partial charge in [-0.3, -0.25) is 4.98 Å². The molecule has 0 fully saturated rings. The summed E-state index contributed by atoms with van der Waals surface area (Å²) in [6.07, 6.45) is 3.41. The van der Waals surface area contributed by atoms with Crippen LogP contribution in [0.2, 0.25) is 0 Å². The summed E-state index contributed by atoms with van der Waals surface area (Å²) in [5, 5.41) is 3.26. The summed E-state index contributed by atoms with van der Waals surface area (Å²) >= 11 is 0. The molecule has 3 aromatic rings. The van der Waals surface area contributed by atoms with Gasteiger partial charge in [-0.1, -0.05) is 12.1 Å². The number of halogens is 1. The number of rotatable bonds is 3. The third kappa shape index (κ3) is 2.13. The van der Waals surface area contributed by atoms with Gasteiger partial charge in [-0.2, -0.15) is 0 Å². The summed E-state index contributed by atoms with van der Waals surface area (Å²) < 4.78 is 15.6. The van der Waals surface area contributed by atoms with Crippen molar-refractivity contribution in [1.29, 1.82) is 0 Å². The van der Waals surface area contributed by atoms with Crippen molar-refractivity contribution >= 4 is 17.0 Å². The SMILES string of the molecule is Cn1c(NCc2ccc3c(n2)CCC3)nc2c(F)cccc21. The third-order valence-electron chi connectivity index (χ3n) is 4.28. The number of imidazole rings is 1. The third-order valence-corrected chi connectivity index (χ3v) is 4.28. The number of nitrogens with one attached hydrogen (secondary N) is 1. The average molecular weight is 296 g/mol. The lowest BCUT2D eigenvalue weighted by molar-refractivity contribution is 0.637. The number of aromatic nitrogens is 3. The lowest BCUT2D eigenvalue weighted by Crippen LogP contribution is -2.07. The normalized spacial score (nSPS) is 13.5. The smallest absolute Gasteiger partial charge is 0.204 e. The Balaban J connectivity index is 1.59. The average Bonchev–Trinajstić information content (AvgIpc) is 3.11. The van der Waals surface area contributed by atoms with E-state index in [1.807, 2.05) is 17.7 Å². The summed E-state index contributed by atoms with van der Waals surface area (Å²) in [5.41, 5.74) is 4.76. The molecule has 1 aromatic carbocycles.